The molecule has 0 radical (unpaired) electrons. The molecule has 0 amide bonds. The Morgan fingerprint density at radius 1 is 1.21 bits per heavy atom. The predicted molar refractivity (Wildman–Crippen MR) is 120 cm³/mol. The fourth-order valence-corrected chi connectivity index (χ4v) is 4.33. The van der Waals surface area contributed by atoms with E-state index in [0.29, 0.717) is 11.8 Å². The predicted octanol–water partition coefficient (Wildman–Crippen LogP) is 4.69. The highest BCUT2D eigenvalue weighted by Gasteiger charge is 2.25. The third-order valence-electron chi connectivity index (χ3n) is 6.10. The lowest BCUT2D eigenvalue weighted by Gasteiger charge is -2.36. The van der Waals surface area contributed by atoms with Crippen molar-refractivity contribution in [2.75, 3.05) is 33.2 Å². The van der Waals surface area contributed by atoms with Crippen molar-refractivity contribution in [3.05, 3.63) is 46.5 Å². The molecule has 0 bridgehead atoms. The molecule has 1 aromatic rings. The van der Waals surface area contributed by atoms with Crippen LogP contribution in [0.5, 0.6) is 0 Å². The van der Waals surface area contributed by atoms with E-state index in [4.69, 9.17) is 4.99 Å². The van der Waals surface area contributed by atoms with Crippen LogP contribution in [-0.4, -0.2) is 55.6 Å². The summed E-state index contributed by atoms with van der Waals surface area (Å²) in [5.41, 5.74) is 3.92. The highest BCUT2D eigenvalue weighted by molar-refractivity contribution is 5.85. The summed E-state index contributed by atoms with van der Waals surface area (Å²) in [6.07, 6.45) is 3.90. The molecule has 0 N–H and O–H groups in total. The molecule has 1 saturated heterocycles. The summed E-state index contributed by atoms with van der Waals surface area (Å²) >= 11 is 0. The molecule has 0 unspecified atom stereocenters. The van der Waals surface area contributed by atoms with E-state index in [1.165, 1.54) is 0 Å². The molecule has 29 heavy (non-hydrogen) atoms. The molecule has 0 saturated carbocycles. The molecule has 1 fully saturated rings. The van der Waals surface area contributed by atoms with E-state index in [1.54, 1.807) is 6.07 Å². The molecule has 158 valence electrons. The van der Waals surface area contributed by atoms with E-state index in [0.717, 1.165) is 80.2 Å². The molecular formula is C24H35FN4. The van der Waals surface area contributed by atoms with Gasteiger partial charge in [-0.3, -0.25) is 4.99 Å². The topological polar surface area (TPSA) is 31.2 Å². The van der Waals surface area contributed by atoms with E-state index >= 15 is 0 Å². The number of aryl methyl sites for hydroxylation is 1. The maximum absolute atomic E-state index is 14.2. The first-order valence-corrected chi connectivity index (χ1v) is 10.8. The van der Waals surface area contributed by atoms with Crippen molar-refractivity contribution in [1.29, 1.82) is 0 Å². The van der Waals surface area contributed by atoms with E-state index in [9.17, 15) is 4.39 Å². The Hall–Kier alpha value is -2.01. The van der Waals surface area contributed by atoms with Crippen LogP contribution in [0.3, 0.4) is 0 Å². The van der Waals surface area contributed by atoms with Crippen LogP contribution in [0.2, 0.25) is 0 Å². The molecule has 4 nitrogen and oxygen atoms in total. The summed E-state index contributed by atoms with van der Waals surface area (Å²) in [4.78, 5) is 14.0. The first-order chi connectivity index (χ1) is 13.9. The fourth-order valence-electron chi connectivity index (χ4n) is 4.33. The van der Waals surface area contributed by atoms with Crippen LogP contribution in [0.1, 0.15) is 44.2 Å². The average molecular weight is 399 g/mol. The summed E-state index contributed by atoms with van der Waals surface area (Å²) < 4.78 is 14.2. The second kappa shape index (κ2) is 9.66. The van der Waals surface area contributed by atoms with Crippen LogP contribution in [0.4, 0.5) is 4.39 Å². The number of halogens is 1. The van der Waals surface area contributed by atoms with Gasteiger partial charge in [0.05, 0.1) is 11.4 Å². The van der Waals surface area contributed by atoms with Crippen molar-refractivity contribution in [3.8, 4) is 0 Å². The minimum atomic E-state index is -0.0597. The molecule has 0 atom stereocenters. The van der Waals surface area contributed by atoms with Gasteiger partial charge in [0.2, 0.25) is 0 Å². The van der Waals surface area contributed by atoms with Gasteiger partial charge in [-0.2, -0.15) is 0 Å². The van der Waals surface area contributed by atoms with Crippen LogP contribution in [0, 0.1) is 24.6 Å². The molecule has 2 heterocycles. The van der Waals surface area contributed by atoms with Gasteiger partial charge in [0, 0.05) is 38.5 Å². The van der Waals surface area contributed by atoms with Crippen molar-refractivity contribution >= 4 is 12.6 Å². The SMILES string of the molecule is C=NC1=C(N=C(C(C)C)N2CCC(Cc3ccc(C)cc3F)CC2)CCN(C)C1. The lowest BCUT2D eigenvalue weighted by atomic mass is 9.89. The Bertz CT molecular complexity index is 788. The van der Waals surface area contributed by atoms with Crippen molar-refractivity contribution in [3.63, 3.8) is 0 Å². The lowest BCUT2D eigenvalue weighted by molar-refractivity contribution is 0.256. The van der Waals surface area contributed by atoms with Crippen molar-refractivity contribution in [2.45, 2.75) is 46.5 Å². The van der Waals surface area contributed by atoms with Crippen molar-refractivity contribution in [1.82, 2.24) is 9.80 Å². The Morgan fingerprint density at radius 3 is 2.55 bits per heavy atom. The van der Waals surface area contributed by atoms with Gasteiger partial charge in [0.1, 0.15) is 11.7 Å². The highest BCUT2D eigenvalue weighted by Crippen LogP contribution is 2.26. The number of hydrogen-bond acceptors (Lipinski definition) is 3. The zero-order valence-electron chi connectivity index (χ0n) is 18.4. The van der Waals surface area contributed by atoms with Gasteiger partial charge >= 0.3 is 0 Å². The Balaban J connectivity index is 1.68. The largest absolute Gasteiger partial charge is 0.360 e. The van der Waals surface area contributed by atoms with Crippen LogP contribution in [0.15, 0.2) is 39.6 Å². The first kappa shape index (κ1) is 21.7. The van der Waals surface area contributed by atoms with Gasteiger partial charge in [0.15, 0.2) is 0 Å². The summed E-state index contributed by atoms with van der Waals surface area (Å²) in [6, 6.07) is 5.61. The number of amidine groups is 1. The van der Waals surface area contributed by atoms with Crippen molar-refractivity contribution in [2.24, 2.45) is 21.8 Å². The molecular weight excluding hydrogens is 363 g/mol. The summed E-state index contributed by atoms with van der Waals surface area (Å²) in [6.45, 7) is 13.9. The Kier molecular flexibility index (Phi) is 7.23. The fraction of sp³-hybridized carbons (Fsp3) is 0.583. The molecule has 0 aliphatic carbocycles. The number of likely N-dealkylation sites (tertiary alicyclic amines) is 1. The average Bonchev–Trinajstić information content (AvgIpc) is 2.69. The van der Waals surface area contributed by atoms with Gasteiger partial charge in [-0.25, -0.2) is 9.38 Å². The van der Waals surface area contributed by atoms with Gasteiger partial charge in [-0.1, -0.05) is 26.0 Å². The van der Waals surface area contributed by atoms with Crippen molar-refractivity contribution < 1.29 is 4.39 Å². The van der Waals surface area contributed by atoms with Gasteiger partial charge in [0.25, 0.3) is 0 Å². The Labute approximate surface area is 175 Å². The van der Waals surface area contributed by atoms with E-state index < -0.39 is 0 Å². The minimum absolute atomic E-state index is 0.0597. The Morgan fingerprint density at radius 2 is 1.93 bits per heavy atom. The standard InChI is InChI=1S/C24H35FN4/c1-17(2)24(27-22-10-11-28(5)16-23(22)26-4)29-12-8-19(9-13-29)15-20-7-6-18(3)14-21(20)25/h6-7,14,17,19H,4,8-13,15-16H2,1-3,5H3. The smallest absolute Gasteiger partial charge is 0.126 e. The monoisotopic (exact) mass is 398 g/mol. The normalized spacial score (nSPS) is 19.9. The van der Waals surface area contributed by atoms with Crippen LogP contribution in [-0.2, 0) is 6.42 Å². The summed E-state index contributed by atoms with van der Waals surface area (Å²) in [5.74, 6) is 1.99. The third-order valence-corrected chi connectivity index (χ3v) is 6.10. The first-order valence-electron chi connectivity index (χ1n) is 10.8. The number of hydrogen-bond donors (Lipinski definition) is 0. The molecule has 0 aromatic heterocycles. The number of aliphatic imine (C=N–C) groups is 2. The molecule has 2 aliphatic rings. The molecule has 3 rings (SSSR count). The van der Waals surface area contributed by atoms with E-state index in [-0.39, 0.29) is 5.82 Å². The number of piperidine rings is 1. The molecule has 0 spiro atoms. The lowest BCUT2D eigenvalue weighted by Crippen LogP contribution is -2.41. The van der Waals surface area contributed by atoms with Gasteiger partial charge < -0.3 is 9.80 Å². The molecule has 5 heteroatoms. The van der Waals surface area contributed by atoms with Crippen LogP contribution in [0.25, 0.3) is 0 Å². The summed E-state index contributed by atoms with van der Waals surface area (Å²) in [7, 11) is 2.11. The van der Waals surface area contributed by atoms with E-state index in [2.05, 4.69) is 42.4 Å². The number of benzene rings is 1. The molecule has 2 aliphatic heterocycles. The maximum atomic E-state index is 14.2. The quantitative estimate of drug-likeness (QED) is 0.532. The third kappa shape index (κ3) is 5.53. The number of nitrogens with zero attached hydrogens (tertiary/aromatic N) is 4. The maximum Gasteiger partial charge on any atom is 0.126 e. The van der Waals surface area contributed by atoms with Crippen LogP contribution < -0.4 is 0 Å². The second-order valence-electron chi connectivity index (χ2n) is 8.89. The number of likely N-dealkylation sites (N-methyl/N-ethyl adjacent to an activating group) is 1. The second-order valence-corrected chi connectivity index (χ2v) is 8.89. The van der Waals surface area contributed by atoms with Gasteiger partial charge in [-0.05, 0) is 63.1 Å². The molecule has 1 aromatic carbocycles. The zero-order chi connectivity index (χ0) is 21.0. The number of rotatable bonds is 5. The van der Waals surface area contributed by atoms with Crippen LogP contribution >= 0.6 is 0 Å². The highest BCUT2D eigenvalue weighted by atomic mass is 19.1. The minimum Gasteiger partial charge on any atom is -0.360 e. The summed E-state index contributed by atoms with van der Waals surface area (Å²) in [5, 5.41) is 0. The van der Waals surface area contributed by atoms with Gasteiger partial charge in [-0.15, -0.1) is 0 Å². The van der Waals surface area contributed by atoms with E-state index in [1.807, 2.05) is 19.1 Å². The zero-order valence-corrected chi connectivity index (χ0v) is 18.4.